The zero-order valence-electron chi connectivity index (χ0n) is 15.0. The second-order valence-corrected chi connectivity index (χ2v) is 7.73. The summed E-state index contributed by atoms with van der Waals surface area (Å²) in [5, 5.41) is 16.3. The van der Waals surface area contributed by atoms with Gasteiger partial charge in [-0.3, -0.25) is 9.89 Å². The highest BCUT2D eigenvalue weighted by atomic mass is 16.5. The summed E-state index contributed by atoms with van der Waals surface area (Å²) in [7, 11) is 0. The van der Waals surface area contributed by atoms with Gasteiger partial charge in [0.05, 0.1) is 5.69 Å². The van der Waals surface area contributed by atoms with E-state index in [1.165, 1.54) is 12.0 Å². The highest BCUT2D eigenvalue weighted by molar-refractivity contribution is 5.67. The number of rotatable bonds is 6. The molecule has 0 spiro atoms. The Kier molecular flexibility index (Phi) is 4.96. The van der Waals surface area contributed by atoms with Crippen molar-refractivity contribution in [2.75, 3.05) is 0 Å². The monoisotopic (exact) mass is 354 g/mol. The van der Waals surface area contributed by atoms with E-state index in [1.807, 2.05) is 6.07 Å². The van der Waals surface area contributed by atoms with Gasteiger partial charge < -0.3 is 9.84 Å². The third kappa shape index (κ3) is 3.92. The standard InChI is InChI=1S/C21H26N2O3/c24-21(25)12-14-4-6-15(7-5-14)16-8-10-17(11-9-16)19-13-20(23-22-19)26-18-2-1-3-18/h8-11,13-15,18H,1-7,12H2,(H,22,23)(H,24,25). The van der Waals surface area contributed by atoms with Gasteiger partial charge >= 0.3 is 5.97 Å². The van der Waals surface area contributed by atoms with E-state index in [0.29, 0.717) is 30.2 Å². The fourth-order valence-electron chi connectivity index (χ4n) is 4.05. The summed E-state index contributed by atoms with van der Waals surface area (Å²) in [4.78, 5) is 10.9. The first-order valence-corrected chi connectivity index (χ1v) is 9.71. The molecule has 138 valence electrons. The Morgan fingerprint density at radius 2 is 1.85 bits per heavy atom. The predicted molar refractivity (Wildman–Crippen MR) is 99.2 cm³/mol. The number of carboxylic acid groups (broad SMARTS) is 1. The summed E-state index contributed by atoms with van der Waals surface area (Å²) in [5.41, 5.74) is 3.45. The van der Waals surface area contributed by atoms with Crippen molar-refractivity contribution in [1.29, 1.82) is 0 Å². The zero-order valence-corrected chi connectivity index (χ0v) is 15.0. The Hall–Kier alpha value is -2.30. The van der Waals surface area contributed by atoms with Crippen LogP contribution in [0.5, 0.6) is 5.88 Å². The van der Waals surface area contributed by atoms with Gasteiger partial charge in [-0.1, -0.05) is 24.3 Å². The van der Waals surface area contributed by atoms with Gasteiger partial charge in [0.2, 0.25) is 5.88 Å². The predicted octanol–water partition coefficient (Wildman–Crippen LogP) is 4.76. The van der Waals surface area contributed by atoms with Crippen molar-refractivity contribution in [2.24, 2.45) is 5.92 Å². The quantitative estimate of drug-likeness (QED) is 0.784. The van der Waals surface area contributed by atoms with Gasteiger partial charge in [0.15, 0.2) is 0 Å². The molecule has 0 saturated heterocycles. The number of hydrogen-bond acceptors (Lipinski definition) is 3. The van der Waals surface area contributed by atoms with Gasteiger partial charge in [0.25, 0.3) is 0 Å². The van der Waals surface area contributed by atoms with Crippen LogP contribution in [0.4, 0.5) is 0 Å². The molecule has 0 bridgehead atoms. The number of ether oxygens (including phenoxy) is 1. The first-order valence-electron chi connectivity index (χ1n) is 9.71. The summed E-state index contributed by atoms with van der Waals surface area (Å²) < 4.78 is 5.82. The lowest BCUT2D eigenvalue weighted by Crippen LogP contribution is -2.24. The van der Waals surface area contributed by atoms with E-state index >= 15 is 0 Å². The Morgan fingerprint density at radius 3 is 2.46 bits per heavy atom. The van der Waals surface area contributed by atoms with Crippen molar-refractivity contribution in [3.05, 3.63) is 35.9 Å². The molecular weight excluding hydrogens is 328 g/mol. The lowest BCUT2D eigenvalue weighted by Gasteiger charge is -2.28. The molecule has 2 fully saturated rings. The van der Waals surface area contributed by atoms with Crippen molar-refractivity contribution in [2.45, 2.75) is 63.4 Å². The third-order valence-electron chi connectivity index (χ3n) is 5.90. The number of aromatic amines is 1. The maximum atomic E-state index is 10.9. The summed E-state index contributed by atoms with van der Waals surface area (Å²) in [6.07, 6.45) is 8.36. The van der Waals surface area contributed by atoms with Crippen molar-refractivity contribution in [1.82, 2.24) is 10.2 Å². The largest absolute Gasteiger partial charge is 0.481 e. The van der Waals surface area contributed by atoms with Crippen molar-refractivity contribution in [3.63, 3.8) is 0 Å². The van der Waals surface area contributed by atoms with E-state index in [1.54, 1.807) is 0 Å². The van der Waals surface area contributed by atoms with Crippen LogP contribution in [0.15, 0.2) is 30.3 Å². The molecule has 5 heteroatoms. The molecule has 1 heterocycles. The normalized spacial score (nSPS) is 23.4. The lowest BCUT2D eigenvalue weighted by molar-refractivity contribution is -0.138. The Labute approximate surface area is 153 Å². The zero-order chi connectivity index (χ0) is 17.9. The molecule has 4 rings (SSSR count). The van der Waals surface area contributed by atoms with Crippen LogP contribution in [-0.4, -0.2) is 27.4 Å². The van der Waals surface area contributed by atoms with Crippen LogP contribution in [-0.2, 0) is 4.79 Å². The molecule has 0 atom stereocenters. The molecule has 1 aromatic carbocycles. The van der Waals surface area contributed by atoms with Gasteiger partial charge in [-0.2, -0.15) is 0 Å². The molecular formula is C21H26N2O3. The Balaban J connectivity index is 1.35. The smallest absolute Gasteiger partial charge is 0.303 e. The number of carbonyl (C=O) groups is 1. The number of nitrogens with zero attached hydrogens (tertiary/aromatic N) is 1. The number of benzene rings is 1. The fourth-order valence-corrected chi connectivity index (χ4v) is 4.05. The third-order valence-corrected chi connectivity index (χ3v) is 5.90. The van der Waals surface area contributed by atoms with Crippen molar-refractivity contribution < 1.29 is 14.6 Å². The number of nitrogens with one attached hydrogen (secondary N) is 1. The Bertz CT molecular complexity index is 741. The maximum Gasteiger partial charge on any atom is 0.303 e. The molecule has 0 radical (unpaired) electrons. The molecule has 1 aromatic heterocycles. The molecule has 2 aliphatic rings. The van der Waals surface area contributed by atoms with E-state index in [4.69, 9.17) is 9.84 Å². The van der Waals surface area contributed by atoms with Gasteiger partial charge in [0.1, 0.15) is 6.10 Å². The number of hydrogen-bond donors (Lipinski definition) is 2. The van der Waals surface area contributed by atoms with Gasteiger partial charge in [-0.05, 0) is 67.9 Å². The molecule has 2 aliphatic carbocycles. The van der Waals surface area contributed by atoms with Crippen LogP contribution >= 0.6 is 0 Å². The van der Waals surface area contributed by atoms with E-state index in [9.17, 15) is 4.79 Å². The van der Waals surface area contributed by atoms with Crippen LogP contribution in [0.25, 0.3) is 11.3 Å². The van der Waals surface area contributed by atoms with Gasteiger partial charge in [0, 0.05) is 12.5 Å². The van der Waals surface area contributed by atoms with Crippen LogP contribution < -0.4 is 4.74 Å². The minimum Gasteiger partial charge on any atom is -0.481 e. The molecule has 2 saturated carbocycles. The van der Waals surface area contributed by atoms with Gasteiger partial charge in [-0.25, -0.2) is 0 Å². The highest BCUT2D eigenvalue weighted by Gasteiger charge is 2.24. The molecule has 2 aromatic rings. The molecule has 0 unspecified atom stereocenters. The summed E-state index contributed by atoms with van der Waals surface area (Å²) in [6, 6.07) is 10.7. The molecule has 5 nitrogen and oxygen atoms in total. The summed E-state index contributed by atoms with van der Waals surface area (Å²) in [6.45, 7) is 0. The average molecular weight is 354 g/mol. The van der Waals surface area contributed by atoms with E-state index in [0.717, 1.165) is 49.8 Å². The molecule has 0 aliphatic heterocycles. The first kappa shape index (κ1) is 17.1. The summed E-state index contributed by atoms with van der Waals surface area (Å²) >= 11 is 0. The number of H-pyrrole nitrogens is 1. The first-order chi connectivity index (χ1) is 12.7. The van der Waals surface area contributed by atoms with Crippen molar-refractivity contribution in [3.8, 4) is 17.1 Å². The molecule has 2 N–H and O–H groups in total. The molecule has 0 amide bonds. The van der Waals surface area contributed by atoms with Crippen LogP contribution in [0.2, 0.25) is 0 Å². The number of aliphatic carboxylic acids is 1. The van der Waals surface area contributed by atoms with Crippen LogP contribution in [0, 0.1) is 5.92 Å². The van der Waals surface area contributed by atoms with Gasteiger partial charge in [-0.15, -0.1) is 5.10 Å². The molecule has 26 heavy (non-hydrogen) atoms. The van der Waals surface area contributed by atoms with E-state index in [2.05, 4.69) is 34.5 Å². The van der Waals surface area contributed by atoms with Crippen LogP contribution in [0.1, 0.15) is 62.8 Å². The second kappa shape index (κ2) is 7.52. The second-order valence-electron chi connectivity index (χ2n) is 7.73. The average Bonchev–Trinajstić information content (AvgIpc) is 3.07. The SMILES string of the molecule is O=C(O)CC1CCC(c2ccc(-c3cc(OC4CCC4)n[nH]3)cc2)CC1. The van der Waals surface area contributed by atoms with E-state index < -0.39 is 5.97 Å². The maximum absolute atomic E-state index is 10.9. The highest BCUT2D eigenvalue weighted by Crippen LogP contribution is 2.37. The topological polar surface area (TPSA) is 75.2 Å². The van der Waals surface area contributed by atoms with Crippen LogP contribution in [0.3, 0.4) is 0 Å². The van der Waals surface area contributed by atoms with E-state index in [-0.39, 0.29) is 0 Å². The fraction of sp³-hybridized carbons (Fsp3) is 0.524. The lowest BCUT2D eigenvalue weighted by atomic mass is 9.77. The Morgan fingerprint density at radius 1 is 1.12 bits per heavy atom. The summed E-state index contributed by atoms with van der Waals surface area (Å²) in [5.74, 6) is 0.916. The minimum atomic E-state index is -0.669. The van der Waals surface area contributed by atoms with Crippen molar-refractivity contribution >= 4 is 5.97 Å². The number of aromatic nitrogens is 2. The minimum absolute atomic E-state index is 0.316. The number of carboxylic acids is 1.